The van der Waals surface area contributed by atoms with Gasteiger partial charge in [0.05, 0.1) is 0 Å². The van der Waals surface area contributed by atoms with Crippen molar-refractivity contribution < 1.29 is 4.52 Å². The van der Waals surface area contributed by atoms with Crippen molar-refractivity contribution in [1.82, 2.24) is 15.0 Å². The van der Waals surface area contributed by atoms with Crippen LogP contribution in [0.4, 0.5) is 0 Å². The molecule has 0 N–H and O–H groups in total. The maximum absolute atomic E-state index is 5.66. The smallest absolute Gasteiger partial charge is 0.226 e. The number of aromatic nitrogens is 2. The van der Waals surface area contributed by atoms with Crippen LogP contribution in [0.1, 0.15) is 67.5 Å². The molecule has 4 nitrogen and oxygen atoms in total. The molecule has 31 heavy (non-hydrogen) atoms. The Kier molecular flexibility index (Phi) is 5.91. The van der Waals surface area contributed by atoms with E-state index < -0.39 is 0 Å². The number of hydrogen-bond acceptors (Lipinski definition) is 4. The van der Waals surface area contributed by atoms with Crippen LogP contribution in [0.3, 0.4) is 0 Å². The molecular weight excluding hydrogens is 382 g/mol. The van der Waals surface area contributed by atoms with Gasteiger partial charge in [-0.15, -0.1) is 0 Å². The summed E-state index contributed by atoms with van der Waals surface area (Å²) in [4.78, 5) is 7.20. The van der Waals surface area contributed by atoms with Crippen LogP contribution >= 0.6 is 0 Å². The normalized spacial score (nSPS) is 18.6. The molecule has 162 valence electrons. The molecule has 1 aliphatic heterocycles. The van der Waals surface area contributed by atoms with Gasteiger partial charge in [-0.05, 0) is 62.2 Å². The second-order valence-corrected chi connectivity index (χ2v) is 9.55. The van der Waals surface area contributed by atoms with Crippen molar-refractivity contribution in [3.05, 3.63) is 71.1 Å². The number of nitrogens with zero attached hydrogens (tertiary/aromatic N) is 3. The molecular formula is C27H33N3O. The second kappa shape index (κ2) is 8.96. The van der Waals surface area contributed by atoms with E-state index in [-0.39, 0.29) is 5.41 Å². The summed E-state index contributed by atoms with van der Waals surface area (Å²) in [6.07, 6.45) is 9.74. The lowest BCUT2D eigenvalue weighted by atomic mass is 9.67. The van der Waals surface area contributed by atoms with E-state index in [2.05, 4.69) is 65.5 Å². The molecule has 2 heterocycles. The number of rotatable bonds is 7. The van der Waals surface area contributed by atoms with E-state index in [4.69, 9.17) is 9.51 Å². The van der Waals surface area contributed by atoms with Crippen molar-refractivity contribution in [2.75, 3.05) is 13.1 Å². The molecule has 3 aromatic rings. The molecule has 0 unspecified atom stereocenters. The Bertz CT molecular complexity index is 980. The Morgan fingerprint density at radius 3 is 2.32 bits per heavy atom. The highest BCUT2D eigenvalue weighted by molar-refractivity contribution is 5.54. The van der Waals surface area contributed by atoms with Crippen molar-refractivity contribution in [2.45, 2.75) is 70.3 Å². The van der Waals surface area contributed by atoms with Crippen LogP contribution in [-0.4, -0.2) is 28.1 Å². The first-order chi connectivity index (χ1) is 15.2. The summed E-state index contributed by atoms with van der Waals surface area (Å²) in [5.41, 5.74) is 5.44. The molecule has 0 atom stereocenters. The van der Waals surface area contributed by atoms with Gasteiger partial charge < -0.3 is 4.52 Å². The minimum atomic E-state index is 0.249. The van der Waals surface area contributed by atoms with E-state index >= 15 is 0 Å². The Labute approximate surface area is 185 Å². The van der Waals surface area contributed by atoms with Crippen LogP contribution in [-0.2, 0) is 18.4 Å². The molecule has 0 spiro atoms. The van der Waals surface area contributed by atoms with E-state index in [0.29, 0.717) is 5.82 Å². The number of aryl methyl sites for hydroxylation is 2. The third kappa shape index (κ3) is 4.59. The summed E-state index contributed by atoms with van der Waals surface area (Å²) >= 11 is 0. The highest BCUT2D eigenvalue weighted by Gasteiger charge is 2.34. The second-order valence-electron chi connectivity index (χ2n) is 9.55. The van der Waals surface area contributed by atoms with E-state index in [1.165, 1.54) is 68.3 Å². The molecule has 0 amide bonds. The fourth-order valence-electron chi connectivity index (χ4n) is 5.20. The van der Waals surface area contributed by atoms with Crippen molar-refractivity contribution in [1.29, 1.82) is 0 Å². The molecule has 0 radical (unpaired) electrons. The molecule has 1 aromatic heterocycles. The van der Waals surface area contributed by atoms with Crippen LogP contribution in [0.5, 0.6) is 0 Å². The van der Waals surface area contributed by atoms with Crippen molar-refractivity contribution >= 4 is 0 Å². The molecule has 1 saturated carbocycles. The Balaban J connectivity index is 1.26. The van der Waals surface area contributed by atoms with Crippen LogP contribution in [0.15, 0.2) is 53.1 Å². The van der Waals surface area contributed by atoms with Gasteiger partial charge >= 0.3 is 0 Å². The first-order valence-corrected chi connectivity index (χ1v) is 11.9. The molecule has 1 saturated heterocycles. The fourth-order valence-corrected chi connectivity index (χ4v) is 5.20. The molecule has 4 heteroatoms. The highest BCUT2D eigenvalue weighted by Crippen LogP contribution is 2.43. The lowest BCUT2D eigenvalue weighted by molar-refractivity contribution is 0.172. The summed E-state index contributed by atoms with van der Waals surface area (Å²) in [6, 6.07) is 17.8. The summed E-state index contributed by atoms with van der Waals surface area (Å²) in [5, 5.41) is 4.28. The minimum absolute atomic E-state index is 0.249. The summed E-state index contributed by atoms with van der Waals surface area (Å²) < 4.78 is 5.66. The Morgan fingerprint density at radius 1 is 0.903 bits per heavy atom. The fraction of sp³-hybridized carbons (Fsp3) is 0.481. The summed E-state index contributed by atoms with van der Waals surface area (Å²) in [6.45, 7) is 5.65. The van der Waals surface area contributed by atoms with Crippen LogP contribution in [0.2, 0.25) is 0 Å². The van der Waals surface area contributed by atoms with E-state index in [1.807, 2.05) is 0 Å². The summed E-state index contributed by atoms with van der Waals surface area (Å²) in [5.74, 6) is 1.47. The predicted octanol–water partition coefficient (Wildman–Crippen LogP) is 6.09. The van der Waals surface area contributed by atoms with Crippen LogP contribution in [0, 0.1) is 6.92 Å². The van der Waals surface area contributed by atoms with Gasteiger partial charge in [-0.25, -0.2) is 0 Å². The SMILES string of the molecule is Cc1ccc(C2(CCc3nc(-c4ccc(CN5CCC5)cc4)no3)CCCCC2)cc1. The molecule has 2 aliphatic rings. The molecule has 5 rings (SSSR count). The van der Waals surface area contributed by atoms with Gasteiger partial charge in [-0.2, -0.15) is 4.98 Å². The number of hydrogen-bond donors (Lipinski definition) is 0. The Morgan fingerprint density at radius 2 is 1.65 bits per heavy atom. The van der Waals surface area contributed by atoms with E-state index in [1.54, 1.807) is 0 Å². The van der Waals surface area contributed by atoms with E-state index in [0.717, 1.165) is 30.8 Å². The lowest BCUT2D eigenvalue weighted by Crippen LogP contribution is -2.36. The molecule has 2 aromatic carbocycles. The standard InChI is InChI=1S/C27H33N3O/c1-21-6-12-24(13-7-21)27(15-3-2-4-16-27)17-14-25-28-26(29-31-25)23-10-8-22(9-11-23)20-30-18-5-19-30/h6-13H,2-5,14-20H2,1H3. The lowest BCUT2D eigenvalue weighted by Gasteiger charge is -2.38. The highest BCUT2D eigenvalue weighted by atomic mass is 16.5. The van der Waals surface area contributed by atoms with Gasteiger partial charge in [0, 0.05) is 18.5 Å². The van der Waals surface area contributed by atoms with Crippen molar-refractivity contribution in [3.63, 3.8) is 0 Å². The van der Waals surface area contributed by atoms with Gasteiger partial charge in [0.2, 0.25) is 11.7 Å². The van der Waals surface area contributed by atoms with Gasteiger partial charge in [-0.1, -0.05) is 78.5 Å². The third-order valence-corrected chi connectivity index (χ3v) is 7.33. The van der Waals surface area contributed by atoms with Crippen molar-refractivity contribution in [3.8, 4) is 11.4 Å². The average Bonchev–Trinajstić information content (AvgIpc) is 3.26. The third-order valence-electron chi connectivity index (χ3n) is 7.33. The monoisotopic (exact) mass is 415 g/mol. The number of likely N-dealkylation sites (tertiary alicyclic amines) is 1. The predicted molar refractivity (Wildman–Crippen MR) is 124 cm³/mol. The van der Waals surface area contributed by atoms with Gasteiger partial charge in [0.25, 0.3) is 0 Å². The quantitative estimate of drug-likeness (QED) is 0.468. The van der Waals surface area contributed by atoms with Gasteiger partial charge in [0.1, 0.15) is 0 Å². The number of benzene rings is 2. The maximum Gasteiger partial charge on any atom is 0.226 e. The van der Waals surface area contributed by atoms with Gasteiger partial charge in [-0.3, -0.25) is 4.90 Å². The zero-order valence-electron chi connectivity index (χ0n) is 18.6. The zero-order valence-corrected chi connectivity index (χ0v) is 18.6. The molecule has 0 bridgehead atoms. The van der Waals surface area contributed by atoms with Crippen molar-refractivity contribution in [2.24, 2.45) is 0 Å². The van der Waals surface area contributed by atoms with Gasteiger partial charge in [0.15, 0.2) is 0 Å². The summed E-state index contributed by atoms with van der Waals surface area (Å²) in [7, 11) is 0. The first kappa shape index (κ1) is 20.4. The van der Waals surface area contributed by atoms with Crippen LogP contribution in [0.25, 0.3) is 11.4 Å². The maximum atomic E-state index is 5.66. The minimum Gasteiger partial charge on any atom is -0.339 e. The Hall–Kier alpha value is -2.46. The van der Waals surface area contributed by atoms with E-state index in [9.17, 15) is 0 Å². The first-order valence-electron chi connectivity index (χ1n) is 11.9. The van der Waals surface area contributed by atoms with Crippen LogP contribution < -0.4 is 0 Å². The largest absolute Gasteiger partial charge is 0.339 e. The topological polar surface area (TPSA) is 42.2 Å². The zero-order chi connectivity index (χ0) is 21.1. The average molecular weight is 416 g/mol. The molecule has 2 fully saturated rings. The molecule has 1 aliphatic carbocycles.